The van der Waals surface area contributed by atoms with E-state index in [0.29, 0.717) is 0 Å². The van der Waals surface area contributed by atoms with Gasteiger partial charge >= 0.3 is 0 Å². The Morgan fingerprint density at radius 2 is 1.57 bits per heavy atom. The van der Waals surface area contributed by atoms with Gasteiger partial charge in [-0.25, -0.2) is 0 Å². The van der Waals surface area contributed by atoms with E-state index < -0.39 is 0 Å². The highest BCUT2D eigenvalue weighted by Crippen LogP contribution is 2.01. The molecular weight excluding hydrogens is 172 g/mol. The number of likely N-dealkylation sites (N-methyl/N-ethyl adjacent to an activating group) is 2. The van der Waals surface area contributed by atoms with E-state index in [-0.39, 0.29) is 0 Å². The maximum Gasteiger partial charge on any atom is 0.0231 e. The molecule has 0 heterocycles. The molecule has 78 valence electrons. The van der Waals surface area contributed by atoms with Crippen molar-refractivity contribution in [1.82, 2.24) is 9.80 Å². The summed E-state index contributed by atoms with van der Waals surface area (Å²) in [6.07, 6.45) is 0. The van der Waals surface area contributed by atoms with Gasteiger partial charge in [0.2, 0.25) is 0 Å². The normalized spacial score (nSPS) is 11.2. The van der Waals surface area contributed by atoms with Gasteiger partial charge in [0, 0.05) is 19.6 Å². The topological polar surface area (TPSA) is 6.48 Å². The Kier molecular flexibility index (Phi) is 4.63. The van der Waals surface area contributed by atoms with E-state index in [2.05, 4.69) is 61.3 Å². The van der Waals surface area contributed by atoms with E-state index in [0.717, 1.165) is 19.6 Å². The maximum atomic E-state index is 2.34. The Bertz CT molecular complexity index is 244. The van der Waals surface area contributed by atoms with Crippen LogP contribution in [0, 0.1) is 0 Å². The van der Waals surface area contributed by atoms with Gasteiger partial charge in [-0.3, -0.25) is 0 Å². The van der Waals surface area contributed by atoms with Crippen LogP contribution in [0.1, 0.15) is 5.56 Å². The van der Waals surface area contributed by atoms with Gasteiger partial charge in [-0.2, -0.15) is 0 Å². The van der Waals surface area contributed by atoms with E-state index in [1.807, 2.05) is 0 Å². The molecule has 0 unspecified atom stereocenters. The Labute approximate surface area is 87.1 Å². The first kappa shape index (κ1) is 11.2. The van der Waals surface area contributed by atoms with E-state index in [1.165, 1.54) is 5.56 Å². The molecule has 1 aromatic rings. The van der Waals surface area contributed by atoms with Crippen molar-refractivity contribution in [2.45, 2.75) is 6.54 Å². The van der Waals surface area contributed by atoms with Gasteiger partial charge in [0.25, 0.3) is 0 Å². The van der Waals surface area contributed by atoms with Crippen molar-refractivity contribution in [2.24, 2.45) is 0 Å². The monoisotopic (exact) mass is 192 g/mol. The van der Waals surface area contributed by atoms with Crippen LogP contribution in [0.15, 0.2) is 30.3 Å². The number of hydrogen-bond donors (Lipinski definition) is 0. The fraction of sp³-hybridized carbons (Fsp3) is 0.500. The molecule has 0 aliphatic carbocycles. The minimum absolute atomic E-state index is 1.04. The Balaban J connectivity index is 2.30. The van der Waals surface area contributed by atoms with Crippen LogP contribution in [0.4, 0.5) is 0 Å². The smallest absolute Gasteiger partial charge is 0.0231 e. The fourth-order valence-electron chi connectivity index (χ4n) is 1.34. The molecule has 0 N–H and O–H groups in total. The number of nitrogens with zero attached hydrogens (tertiary/aromatic N) is 2. The van der Waals surface area contributed by atoms with Crippen LogP contribution in [0.2, 0.25) is 0 Å². The summed E-state index contributed by atoms with van der Waals surface area (Å²) in [6.45, 7) is 3.26. The highest BCUT2D eigenvalue weighted by molar-refractivity contribution is 5.14. The van der Waals surface area contributed by atoms with Gasteiger partial charge in [0.05, 0.1) is 0 Å². The number of rotatable bonds is 5. The minimum atomic E-state index is 1.04. The lowest BCUT2D eigenvalue weighted by atomic mass is 10.2. The molecule has 1 aromatic carbocycles. The molecule has 0 amide bonds. The van der Waals surface area contributed by atoms with Crippen molar-refractivity contribution in [3.8, 4) is 0 Å². The summed E-state index contributed by atoms with van der Waals surface area (Å²) in [5.74, 6) is 0. The third kappa shape index (κ3) is 4.40. The molecule has 0 fully saturated rings. The van der Waals surface area contributed by atoms with Crippen LogP contribution >= 0.6 is 0 Å². The lowest BCUT2D eigenvalue weighted by molar-refractivity contribution is 0.276. The number of hydrogen-bond acceptors (Lipinski definition) is 2. The van der Waals surface area contributed by atoms with Gasteiger partial charge in [-0.05, 0) is 26.7 Å². The standard InChI is InChI=1S/C12H20N2/c1-13(2)9-10-14(3)11-12-7-5-4-6-8-12/h4-8H,9-11H2,1-3H3. The fourth-order valence-corrected chi connectivity index (χ4v) is 1.34. The third-order valence-electron chi connectivity index (χ3n) is 2.22. The minimum Gasteiger partial charge on any atom is -0.308 e. The van der Waals surface area contributed by atoms with Crippen LogP contribution in [-0.4, -0.2) is 44.0 Å². The molecule has 1 rings (SSSR count). The Hall–Kier alpha value is -0.860. The Morgan fingerprint density at radius 3 is 2.14 bits per heavy atom. The van der Waals surface area contributed by atoms with Gasteiger partial charge in [-0.15, -0.1) is 0 Å². The molecule has 0 bridgehead atoms. The highest BCUT2D eigenvalue weighted by Gasteiger charge is 1.99. The van der Waals surface area contributed by atoms with Crippen molar-refractivity contribution >= 4 is 0 Å². The molecule has 0 spiro atoms. The average Bonchev–Trinajstić information content (AvgIpc) is 2.16. The summed E-state index contributed by atoms with van der Waals surface area (Å²) in [5, 5.41) is 0. The quantitative estimate of drug-likeness (QED) is 0.700. The largest absolute Gasteiger partial charge is 0.308 e. The number of benzene rings is 1. The second-order valence-electron chi connectivity index (χ2n) is 4.03. The first-order valence-electron chi connectivity index (χ1n) is 5.05. The average molecular weight is 192 g/mol. The second-order valence-corrected chi connectivity index (χ2v) is 4.03. The zero-order chi connectivity index (χ0) is 10.4. The predicted octanol–water partition coefficient (Wildman–Crippen LogP) is 1.68. The summed E-state index contributed by atoms with van der Waals surface area (Å²) in [5.41, 5.74) is 1.38. The van der Waals surface area contributed by atoms with Crippen LogP contribution in [-0.2, 0) is 6.54 Å². The van der Waals surface area contributed by atoms with Gasteiger partial charge < -0.3 is 9.80 Å². The van der Waals surface area contributed by atoms with E-state index in [9.17, 15) is 0 Å². The maximum absolute atomic E-state index is 2.34. The van der Waals surface area contributed by atoms with Crippen LogP contribution < -0.4 is 0 Å². The lowest BCUT2D eigenvalue weighted by Gasteiger charge is -2.19. The van der Waals surface area contributed by atoms with Crippen molar-refractivity contribution in [3.63, 3.8) is 0 Å². The van der Waals surface area contributed by atoms with Crippen molar-refractivity contribution in [1.29, 1.82) is 0 Å². The zero-order valence-corrected chi connectivity index (χ0v) is 9.40. The van der Waals surface area contributed by atoms with E-state index in [1.54, 1.807) is 0 Å². The molecule has 0 aliphatic rings. The van der Waals surface area contributed by atoms with Gasteiger partial charge in [-0.1, -0.05) is 30.3 Å². The SMILES string of the molecule is CN(C)CCN(C)Cc1ccccc1. The summed E-state index contributed by atoms with van der Waals surface area (Å²) in [7, 11) is 6.38. The molecular formula is C12H20N2. The molecule has 0 aromatic heterocycles. The zero-order valence-electron chi connectivity index (χ0n) is 9.40. The van der Waals surface area contributed by atoms with Crippen molar-refractivity contribution < 1.29 is 0 Å². The third-order valence-corrected chi connectivity index (χ3v) is 2.22. The van der Waals surface area contributed by atoms with Crippen molar-refractivity contribution in [3.05, 3.63) is 35.9 Å². The first-order chi connectivity index (χ1) is 6.68. The van der Waals surface area contributed by atoms with Gasteiger partial charge in [0.15, 0.2) is 0 Å². The van der Waals surface area contributed by atoms with E-state index in [4.69, 9.17) is 0 Å². The van der Waals surface area contributed by atoms with Crippen LogP contribution in [0.3, 0.4) is 0 Å². The van der Waals surface area contributed by atoms with Crippen LogP contribution in [0.25, 0.3) is 0 Å². The lowest BCUT2D eigenvalue weighted by Crippen LogP contribution is -2.28. The van der Waals surface area contributed by atoms with E-state index >= 15 is 0 Å². The predicted molar refractivity (Wildman–Crippen MR) is 61.3 cm³/mol. The highest BCUT2D eigenvalue weighted by atomic mass is 15.1. The molecule has 0 saturated heterocycles. The molecule has 2 heteroatoms. The summed E-state index contributed by atoms with van der Waals surface area (Å²) >= 11 is 0. The molecule has 0 saturated carbocycles. The molecule has 14 heavy (non-hydrogen) atoms. The van der Waals surface area contributed by atoms with Crippen LogP contribution in [0.5, 0.6) is 0 Å². The molecule has 0 atom stereocenters. The summed E-state index contributed by atoms with van der Waals surface area (Å²) < 4.78 is 0. The summed E-state index contributed by atoms with van der Waals surface area (Å²) in [4.78, 5) is 4.55. The van der Waals surface area contributed by atoms with Crippen molar-refractivity contribution in [2.75, 3.05) is 34.2 Å². The molecule has 0 aliphatic heterocycles. The Morgan fingerprint density at radius 1 is 0.929 bits per heavy atom. The molecule has 0 radical (unpaired) electrons. The molecule has 2 nitrogen and oxygen atoms in total. The first-order valence-corrected chi connectivity index (χ1v) is 5.05. The second kappa shape index (κ2) is 5.78. The summed E-state index contributed by atoms with van der Waals surface area (Å²) in [6, 6.07) is 10.6. The van der Waals surface area contributed by atoms with Gasteiger partial charge in [0.1, 0.15) is 0 Å².